The molecule has 5 rings (SSSR count). The molecule has 0 saturated heterocycles. The maximum Gasteiger partial charge on any atom is 0.157 e. The first kappa shape index (κ1) is 15.3. The lowest BCUT2D eigenvalue weighted by atomic mass is 9.87. The van der Waals surface area contributed by atoms with Gasteiger partial charge in [0, 0.05) is 23.7 Å². The summed E-state index contributed by atoms with van der Waals surface area (Å²) in [6.07, 6.45) is 11.7. The van der Waals surface area contributed by atoms with Gasteiger partial charge in [0.1, 0.15) is 16.9 Å². The SMILES string of the molecule is c1coc(-c2nc3[nH]c(C4CCCCC4)cc3nc2-c2ccncc2)c1. The van der Waals surface area contributed by atoms with Gasteiger partial charge in [0.05, 0.1) is 6.26 Å². The standard InChI is InChI=1S/C21H20N4O/c1-2-5-14(6-3-1)16-13-17-21(24-16)25-20(18-7-4-12-26-18)19(23-17)15-8-10-22-11-9-15/h4,7-14H,1-3,5-6H2,(H,24,25). The number of nitrogens with one attached hydrogen (secondary N) is 1. The molecule has 0 amide bonds. The minimum atomic E-state index is 0.594. The number of hydrogen-bond acceptors (Lipinski definition) is 4. The molecule has 4 aromatic heterocycles. The van der Waals surface area contributed by atoms with Crippen LogP contribution in [0.3, 0.4) is 0 Å². The van der Waals surface area contributed by atoms with Crippen LogP contribution in [0, 0.1) is 0 Å². The first-order valence-electron chi connectivity index (χ1n) is 9.23. The zero-order valence-electron chi connectivity index (χ0n) is 14.5. The van der Waals surface area contributed by atoms with Gasteiger partial charge in [-0.3, -0.25) is 4.98 Å². The largest absolute Gasteiger partial charge is 0.463 e. The predicted octanol–water partition coefficient (Wildman–Crippen LogP) is 5.33. The monoisotopic (exact) mass is 344 g/mol. The molecule has 0 radical (unpaired) electrons. The second-order valence-electron chi connectivity index (χ2n) is 6.93. The molecule has 5 nitrogen and oxygen atoms in total. The van der Waals surface area contributed by atoms with Crippen molar-refractivity contribution in [2.75, 3.05) is 0 Å². The Bertz CT molecular complexity index is 1020. The summed E-state index contributed by atoms with van der Waals surface area (Å²) in [7, 11) is 0. The lowest BCUT2D eigenvalue weighted by Gasteiger charge is -2.19. The summed E-state index contributed by atoms with van der Waals surface area (Å²) in [5, 5.41) is 0. The Labute approximate surface area is 151 Å². The number of fused-ring (bicyclic) bond motifs is 1. The molecular weight excluding hydrogens is 324 g/mol. The van der Waals surface area contributed by atoms with E-state index in [-0.39, 0.29) is 0 Å². The summed E-state index contributed by atoms with van der Waals surface area (Å²) >= 11 is 0. The Hall–Kier alpha value is -2.95. The average Bonchev–Trinajstić information content (AvgIpc) is 3.38. The second kappa shape index (κ2) is 6.41. The molecule has 5 heteroatoms. The molecule has 0 unspecified atom stereocenters. The molecule has 0 aromatic carbocycles. The van der Waals surface area contributed by atoms with Crippen LogP contribution in [0.25, 0.3) is 33.9 Å². The minimum absolute atomic E-state index is 0.594. The third-order valence-corrected chi connectivity index (χ3v) is 5.23. The zero-order chi connectivity index (χ0) is 17.3. The second-order valence-corrected chi connectivity index (χ2v) is 6.93. The van der Waals surface area contributed by atoms with Crippen molar-refractivity contribution in [2.24, 2.45) is 0 Å². The van der Waals surface area contributed by atoms with E-state index >= 15 is 0 Å². The van der Waals surface area contributed by atoms with Crippen molar-refractivity contribution >= 4 is 11.2 Å². The third-order valence-electron chi connectivity index (χ3n) is 5.23. The van der Waals surface area contributed by atoms with Gasteiger partial charge in [0.15, 0.2) is 11.4 Å². The third kappa shape index (κ3) is 2.69. The fraction of sp³-hybridized carbons (Fsp3) is 0.286. The first-order chi connectivity index (χ1) is 12.9. The molecule has 0 spiro atoms. The molecular formula is C21H20N4O. The van der Waals surface area contributed by atoms with E-state index in [0.29, 0.717) is 5.92 Å². The van der Waals surface area contributed by atoms with Crippen molar-refractivity contribution < 1.29 is 4.42 Å². The molecule has 1 N–H and O–H groups in total. The van der Waals surface area contributed by atoms with Crippen molar-refractivity contribution in [1.29, 1.82) is 0 Å². The Balaban J connectivity index is 1.67. The predicted molar refractivity (Wildman–Crippen MR) is 101 cm³/mol. The number of aromatic nitrogens is 4. The van der Waals surface area contributed by atoms with Crippen LogP contribution in [0.2, 0.25) is 0 Å². The van der Waals surface area contributed by atoms with E-state index in [9.17, 15) is 0 Å². The van der Waals surface area contributed by atoms with Gasteiger partial charge in [-0.2, -0.15) is 0 Å². The summed E-state index contributed by atoms with van der Waals surface area (Å²) < 4.78 is 5.62. The van der Waals surface area contributed by atoms with Gasteiger partial charge >= 0.3 is 0 Å². The van der Waals surface area contributed by atoms with E-state index in [2.05, 4.69) is 16.0 Å². The summed E-state index contributed by atoms with van der Waals surface area (Å²) in [5.74, 6) is 1.32. The van der Waals surface area contributed by atoms with Gasteiger partial charge in [0.25, 0.3) is 0 Å². The highest BCUT2D eigenvalue weighted by Crippen LogP contribution is 2.35. The summed E-state index contributed by atoms with van der Waals surface area (Å²) in [6, 6.07) is 9.88. The van der Waals surface area contributed by atoms with Gasteiger partial charge in [-0.25, -0.2) is 9.97 Å². The topological polar surface area (TPSA) is 67.6 Å². The molecule has 130 valence electrons. The molecule has 4 aromatic rings. The van der Waals surface area contributed by atoms with Crippen LogP contribution in [0.5, 0.6) is 0 Å². The number of hydrogen-bond donors (Lipinski definition) is 1. The van der Waals surface area contributed by atoms with Crippen LogP contribution in [0.15, 0.2) is 53.4 Å². The van der Waals surface area contributed by atoms with E-state index in [1.165, 1.54) is 37.8 Å². The van der Waals surface area contributed by atoms with Crippen molar-refractivity contribution in [3.05, 3.63) is 54.7 Å². The molecule has 0 bridgehead atoms. The highest BCUT2D eigenvalue weighted by Gasteiger charge is 2.20. The van der Waals surface area contributed by atoms with Crippen molar-refractivity contribution in [1.82, 2.24) is 19.9 Å². The molecule has 1 saturated carbocycles. The van der Waals surface area contributed by atoms with Crippen LogP contribution in [0.1, 0.15) is 43.7 Å². The molecule has 1 aliphatic rings. The van der Waals surface area contributed by atoms with Gasteiger partial charge < -0.3 is 9.40 Å². The van der Waals surface area contributed by atoms with Crippen molar-refractivity contribution in [3.8, 4) is 22.7 Å². The molecule has 0 aliphatic heterocycles. The lowest BCUT2D eigenvalue weighted by molar-refractivity contribution is 0.438. The summed E-state index contributed by atoms with van der Waals surface area (Å²) in [5.41, 5.74) is 5.57. The van der Waals surface area contributed by atoms with Gasteiger partial charge in [-0.05, 0) is 49.1 Å². The Kier molecular flexibility index (Phi) is 3.77. The van der Waals surface area contributed by atoms with E-state index in [1.807, 2.05) is 24.3 Å². The zero-order valence-corrected chi connectivity index (χ0v) is 14.5. The highest BCUT2D eigenvalue weighted by atomic mass is 16.3. The normalized spacial score (nSPS) is 15.5. The lowest BCUT2D eigenvalue weighted by Crippen LogP contribution is -2.04. The summed E-state index contributed by atoms with van der Waals surface area (Å²) in [4.78, 5) is 17.4. The highest BCUT2D eigenvalue weighted by molar-refractivity contribution is 5.83. The van der Waals surface area contributed by atoms with Gasteiger partial charge in [-0.15, -0.1) is 0 Å². The van der Waals surface area contributed by atoms with Crippen LogP contribution in [-0.2, 0) is 0 Å². The van der Waals surface area contributed by atoms with Crippen molar-refractivity contribution in [3.63, 3.8) is 0 Å². The number of pyridine rings is 1. The maximum atomic E-state index is 5.62. The first-order valence-corrected chi connectivity index (χ1v) is 9.23. The van der Waals surface area contributed by atoms with E-state index < -0.39 is 0 Å². The van der Waals surface area contributed by atoms with Crippen LogP contribution >= 0.6 is 0 Å². The number of H-pyrrole nitrogens is 1. The Morgan fingerprint density at radius 3 is 2.58 bits per heavy atom. The number of furan rings is 1. The van der Waals surface area contributed by atoms with Crippen LogP contribution in [0.4, 0.5) is 0 Å². The van der Waals surface area contributed by atoms with Gasteiger partial charge in [-0.1, -0.05) is 19.3 Å². The number of nitrogens with zero attached hydrogens (tertiary/aromatic N) is 3. The van der Waals surface area contributed by atoms with E-state index in [0.717, 1.165) is 33.9 Å². The molecule has 0 atom stereocenters. The smallest absolute Gasteiger partial charge is 0.157 e. The Morgan fingerprint density at radius 1 is 0.962 bits per heavy atom. The van der Waals surface area contributed by atoms with E-state index in [1.54, 1.807) is 18.7 Å². The summed E-state index contributed by atoms with van der Waals surface area (Å²) in [6.45, 7) is 0. The maximum absolute atomic E-state index is 5.62. The van der Waals surface area contributed by atoms with Crippen LogP contribution in [-0.4, -0.2) is 19.9 Å². The molecule has 4 heterocycles. The van der Waals surface area contributed by atoms with Gasteiger partial charge in [0.2, 0.25) is 0 Å². The molecule has 1 fully saturated rings. The molecule has 1 aliphatic carbocycles. The van der Waals surface area contributed by atoms with E-state index in [4.69, 9.17) is 14.4 Å². The van der Waals surface area contributed by atoms with Crippen LogP contribution < -0.4 is 0 Å². The minimum Gasteiger partial charge on any atom is -0.463 e. The Morgan fingerprint density at radius 2 is 1.81 bits per heavy atom. The number of rotatable bonds is 3. The molecule has 26 heavy (non-hydrogen) atoms. The average molecular weight is 344 g/mol. The fourth-order valence-corrected chi connectivity index (χ4v) is 3.89. The quantitative estimate of drug-likeness (QED) is 0.545. The fourth-order valence-electron chi connectivity index (χ4n) is 3.89. The number of aromatic amines is 1. The van der Waals surface area contributed by atoms with Crippen molar-refractivity contribution in [2.45, 2.75) is 38.0 Å².